The lowest BCUT2D eigenvalue weighted by Gasteiger charge is -2.28. The summed E-state index contributed by atoms with van der Waals surface area (Å²) in [5, 5.41) is 16.1. The molecule has 0 saturated carbocycles. The molecule has 1 aromatic rings. The lowest BCUT2D eigenvalue weighted by atomic mass is 10.0. The van der Waals surface area contributed by atoms with Crippen LogP contribution in [0.3, 0.4) is 0 Å². The zero-order chi connectivity index (χ0) is 14.7. The van der Waals surface area contributed by atoms with Gasteiger partial charge in [0.15, 0.2) is 0 Å². The Labute approximate surface area is 119 Å². The fraction of sp³-hybridized carbons (Fsp3) is 0.467. The van der Waals surface area contributed by atoms with E-state index in [0.29, 0.717) is 18.8 Å². The van der Waals surface area contributed by atoms with Crippen LogP contribution >= 0.6 is 0 Å². The van der Waals surface area contributed by atoms with E-state index in [-0.39, 0.29) is 5.91 Å². The molecule has 1 amide bonds. The Morgan fingerprint density at radius 1 is 1.30 bits per heavy atom. The van der Waals surface area contributed by atoms with Gasteiger partial charge >= 0.3 is 0 Å². The summed E-state index contributed by atoms with van der Waals surface area (Å²) in [5.41, 5.74) is 1.38. The van der Waals surface area contributed by atoms with Crippen molar-refractivity contribution in [3.63, 3.8) is 0 Å². The minimum absolute atomic E-state index is 0.173. The van der Waals surface area contributed by atoms with Crippen LogP contribution in [0, 0.1) is 5.92 Å². The number of anilines is 1. The summed E-state index contributed by atoms with van der Waals surface area (Å²) in [6.07, 6.45) is -0.824. The Morgan fingerprint density at radius 3 is 2.45 bits per heavy atom. The average molecular weight is 275 g/mol. The Balaban J connectivity index is 2.23. The van der Waals surface area contributed by atoms with Gasteiger partial charge in [0, 0.05) is 0 Å². The van der Waals surface area contributed by atoms with Crippen LogP contribution in [0.15, 0.2) is 35.4 Å². The number of para-hydroxylation sites is 1. The molecule has 0 saturated heterocycles. The summed E-state index contributed by atoms with van der Waals surface area (Å²) in [5.74, 6) is -0.761. The summed E-state index contributed by atoms with van der Waals surface area (Å²) in [4.78, 5) is 14.4. The highest BCUT2D eigenvalue weighted by atomic mass is 16.3. The normalized spacial score (nSPS) is 20.4. The maximum absolute atomic E-state index is 12.5. The van der Waals surface area contributed by atoms with Crippen molar-refractivity contribution in [1.82, 2.24) is 4.90 Å². The van der Waals surface area contributed by atoms with Crippen molar-refractivity contribution in [2.24, 2.45) is 11.0 Å². The van der Waals surface area contributed by atoms with E-state index in [2.05, 4.69) is 5.10 Å². The molecule has 20 heavy (non-hydrogen) atoms. The first-order chi connectivity index (χ1) is 9.60. The summed E-state index contributed by atoms with van der Waals surface area (Å²) in [6.45, 7) is 7.11. The lowest BCUT2D eigenvalue weighted by Crippen LogP contribution is -2.46. The van der Waals surface area contributed by atoms with Crippen molar-refractivity contribution >= 4 is 17.3 Å². The monoisotopic (exact) mass is 275 g/mol. The Bertz CT molecular complexity index is 497. The number of carbonyl (C=O) groups excluding carboxylic acids is 1. The third-order valence-corrected chi connectivity index (χ3v) is 3.67. The van der Waals surface area contributed by atoms with Crippen LogP contribution in [0.4, 0.5) is 5.69 Å². The predicted molar refractivity (Wildman–Crippen MR) is 79.5 cm³/mol. The zero-order valence-corrected chi connectivity index (χ0v) is 12.2. The number of amides is 1. The second-order valence-electron chi connectivity index (χ2n) is 4.84. The van der Waals surface area contributed by atoms with E-state index in [1.807, 2.05) is 49.1 Å². The van der Waals surface area contributed by atoms with Gasteiger partial charge in [-0.2, -0.15) is 5.10 Å². The van der Waals surface area contributed by atoms with Crippen LogP contribution < -0.4 is 5.01 Å². The van der Waals surface area contributed by atoms with Gasteiger partial charge in [-0.3, -0.25) is 9.69 Å². The molecule has 1 N–H and O–H groups in total. The molecule has 1 aliphatic heterocycles. The van der Waals surface area contributed by atoms with Gasteiger partial charge in [0.1, 0.15) is 12.1 Å². The molecule has 0 bridgehead atoms. The SMILES string of the molecule is CCN(CC)C(O)C1C(=O)N(c2ccccc2)N=C1C. The summed E-state index contributed by atoms with van der Waals surface area (Å²) < 4.78 is 0. The van der Waals surface area contributed by atoms with Gasteiger partial charge < -0.3 is 5.11 Å². The largest absolute Gasteiger partial charge is 0.377 e. The first-order valence-corrected chi connectivity index (χ1v) is 6.96. The first kappa shape index (κ1) is 14.7. The van der Waals surface area contributed by atoms with Crippen LogP contribution in [0.25, 0.3) is 0 Å². The van der Waals surface area contributed by atoms with E-state index in [0.717, 1.165) is 5.69 Å². The number of rotatable bonds is 5. The number of hydrazone groups is 1. The van der Waals surface area contributed by atoms with Crippen molar-refractivity contribution in [1.29, 1.82) is 0 Å². The predicted octanol–water partition coefficient (Wildman–Crippen LogP) is 1.69. The molecule has 1 aliphatic rings. The minimum Gasteiger partial charge on any atom is -0.377 e. The Morgan fingerprint density at radius 2 is 1.90 bits per heavy atom. The highest BCUT2D eigenvalue weighted by Crippen LogP contribution is 2.26. The van der Waals surface area contributed by atoms with Gasteiger partial charge in [0.05, 0.1) is 11.4 Å². The number of nitrogens with zero attached hydrogens (tertiary/aromatic N) is 3. The molecule has 5 nitrogen and oxygen atoms in total. The second-order valence-corrected chi connectivity index (χ2v) is 4.84. The van der Waals surface area contributed by atoms with Gasteiger partial charge in [-0.25, -0.2) is 5.01 Å². The van der Waals surface area contributed by atoms with Gasteiger partial charge in [-0.05, 0) is 32.1 Å². The highest BCUT2D eigenvalue weighted by molar-refractivity contribution is 6.15. The van der Waals surface area contributed by atoms with Crippen molar-refractivity contribution < 1.29 is 9.90 Å². The van der Waals surface area contributed by atoms with Crippen LogP contribution in [0.5, 0.6) is 0 Å². The van der Waals surface area contributed by atoms with Gasteiger partial charge in [0.2, 0.25) is 0 Å². The molecular formula is C15H21N3O2. The number of carbonyl (C=O) groups is 1. The third-order valence-electron chi connectivity index (χ3n) is 3.67. The average Bonchev–Trinajstić information content (AvgIpc) is 2.76. The summed E-state index contributed by atoms with van der Waals surface area (Å²) >= 11 is 0. The molecule has 1 aromatic carbocycles. The molecule has 0 radical (unpaired) electrons. The number of benzene rings is 1. The van der Waals surface area contributed by atoms with Gasteiger partial charge in [0.25, 0.3) is 5.91 Å². The number of hydrogen-bond acceptors (Lipinski definition) is 4. The summed E-state index contributed by atoms with van der Waals surface area (Å²) in [6, 6.07) is 9.29. The molecule has 2 rings (SSSR count). The molecule has 0 spiro atoms. The van der Waals surface area contributed by atoms with Crippen LogP contribution in [-0.4, -0.2) is 40.9 Å². The fourth-order valence-electron chi connectivity index (χ4n) is 2.49. The molecular weight excluding hydrogens is 254 g/mol. The first-order valence-electron chi connectivity index (χ1n) is 6.96. The molecule has 0 fully saturated rings. The standard InChI is InChI=1S/C15H21N3O2/c1-4-17(5-2)14(19)13-11(3)16-18(15(13)20)12-9-7-6-8-10-12/h6-10,13-14,19H,4-5H2,1-3H3. The van der Waals surface area contributed by atoms with Crippen LogP contribution in [0.2, 0.25) is 0 Å². The maximum atomic E-state index is 12.5. The smallest absolute Gasteiger partial charge is 0.260 e. The van der Waals surface area contributed by atoms with E-state index in [1.165, 1.54) is 5.01 Å². The molecule has 0 aliphatic carbocycles. The summed E-state index contributed by atoms with van der Waals surface area (Å²) in [7, 11) is 0. The lowest BCUT2D eigenvalue weighted by molar-refractivity contribution is -0.126. The molecule has 5 heteroatoms. The maximum Gasteiger partial charge on any atom is 0.260 e. The van der Waals surface area contributed by atoms with E-state index in [9.17, 15) is 9.90 Å². The van der Waals surface area contributed by atoms with E-state index >= 15 is 0 Å². The molecule has 1 heterocycles. The van der Waals surface area contributed by atoms with Crippen LogP contribution in [0.1, 0.15) is 20.8 Å². The Kier molecular flexibility index (Phi) is 4.52. The molecule has 2 unspecified atom stereocenters. The molecule has 108 valence electrons. The van der Waals surface area contributed by atoms with Gasteiger partial charge in [-0.15, -0.1) is 0 Å². The fourth-order valence-corrected chi connectivity index (χ4v) is 2.49. The third kappa shape index (κ3) is 2.59. The topological polar surface area (TPSA) is 56.1 Å². The minimum atomic E-state index is -0.824. The van der Waals surface area contributed by atoms with E-state index in [1.54, 1.807) is 6.92 Å². The van der Waals surface area contributed by atoms with Crippen molar-refractivity contribution in [2.45, 2.75) is 27.0 Å². The quantitative estimate of drug-likeness (QED) is 0.832. The van der Waals surface area contributed by atoms with Crippen molar-refractivity contribution in [3.8, 4) is 0 Å². The van der Waals surface area contributed by atoms with E-state index in [4.69, 9.17) is 0 Å². The Hall–Kier alpha value is -1.72. The van der Waals surface area contributed by atoms with Crippen molar-refractivity contribution in [3.05, 3.63) is 30.3 Å². The highest BCUT2D eigenvalue weighted by Gasteiger charge is 2.41. The zero-order valence-electron chi connectivity index (χ0n) is 12.2. The van der Waals surface area contributed by atoms with Crippen molar-refractivity contribution in [2.75, 3.05) is 18.1 Å². The number of aliphatic hydroxyl groups excluding tert-OH is 1. The number of hydrogen-bond donors (Lipinski definition) is 1. The number of aliphatic hydroxyl groups is 1. The van der Waals surface area contributed by atoms with Crippen LogP contribution in [-0.2, 0) is 4.79 Å². The second kappa shape index (κ2) is 6.15. The van der Waals surface area contributed by atoms with Gasteiger partial charge in [-0.1, -0.05) is 32.0 Å². The molecule has 0 aromatic heterocycles. The molecule has 2 atom stereocenters. The van der Waals surface area contributed by atoms with E-state index < -0.39 is 12.1 Å².